The summed E-state index contributed by atoms with van der Waals surface area (Å²) in [6.07, 6.45) is 0.497. The Morgan fingerprint density at radius 3 is 1.38 bits per heavy atom. The van der Waals surface area contributed by atoms with Gasteiger partial charge in [0.25, 0.3) is 0 Å². The summed E-state index contributed by atoms with van der Waals surface area (Å²) in [4.78, 5) is 31.3. The number of hydrogen-bond donors (Lipinski definition) is 6. The third-order valence-electron chi connectivity index (χ3n) is 9.35. The van der Waals surface area contributed by atoms with Gasteiger partial charge in [-0.3, -0.25) is 0 Å². The lowest BCUT2D eigenvalue weighted by Crippen LogP contribution is -2.43. The van der Waals surface area contributed by atoms with Crippen molar-refractivity contribution in [3.63, 3.8) is 0 Å². The highest BCUT2D eigenvalue weighted by Gasteiger charge is 2.45. The van der Waals surface area contributed by atoms with E-state index in [2.05, 4.69) is 120 Å². The Balaban J connectivity index is 0.000000872. The van der Waals surface area contributed by atoms with Crippen LogP contribution in [0.3, 0.4) is 0 Å². The normalized spacial score (nSPS) is 12.4. The van der Waals surface area contributed by atoms with Gasteiger partial charge < -0.3 is 29.8 Å². The molecule has 0 heterocycles. The highest BCUT2D eigenvalue weighted by molar-refractivity contribution is 7.53. The van der Waals surface area contributed by atoms with Crippen LogP contribution in [0.2, 0.25) is 0 Å². The Kier molecular flexibility index (Phi) is 14.9. The molecule has 9 heteroatoms. The van der Waals surface area contributed by atoms with E-state index >= 15 is 0 Å². The minimum absolute atomic E-state index is 0.297. The van der Waals surface area contributed by atoms with E-state index in [4.69, 9.17) is 19.6 Å². The quantitative estimate of drug-likeness (QED) is 0.0634. The van der Waals surface area contributed by atoms with Crippen LogP contribution in [0.25, 0.3) is 22.3 Å². The number of aliphatic hydroxyl groups is 2. The Labute approximate surface area is 301 Å². The van der Waals surface area contributed by atoms with Crippen molar-refractivity contribution in [3.05, 3.63) is 118 Å². The Hall–Kier alpha value is -2.54. The summed E-state index contributed by atoms with van der Waals surface area (Å²) < 4.78 is 3.60. The first-order valence-electron chi connectivity index (χ1n) is 17.2. The van der Waals surface area contributed by atoms with Gasteiger partial charge in [-0.05, 0) is 80.2 Å². The van der Waals surface area contributed by atoms with Crippen molar-refractivity contribution in [3.8, 4) is 22.3 Å². The minimum Gasteiger partial charge on any atom is -0.361 e. The molecule has 6 N–H and O–H groups in total. The van der Waals surface area contributed by atoms with Gasteiger partial charge in [0.1, 0.15) is 0 Å². The van der Waals surface area contributed by atoms with Gasteiger partial charge in [0.05, 0.1) is 0 Å². The second-order valence-corrected chi connectivity index (χ2v) is 16.5. The predicted octanol–water partition coefficient (Wildman–Crippen LogP) is 10.3. The molecule has 50 heavy (non-hydrogen) atoms. The fourth-order valence-electron chi connectivity index (χ4n) is 6.31. The second kappa shape index (κ2) is 17.8. The summed E-state index contributed by atoms with van der Waals surface area (Å²) >= 11 is 0. The van der Waals surface area contributed by atoms with E-state index < -0.39 is 28.4 Å². The molecule has 7 nitrogen and oxygen atoms in total. The molecule has 0 atom stereocenters. The second-order valence-electron chi connectivity index (χ2n) is 14.8. The van der Waals surface area contributed by atoms with Gasteiger partial charge in [0, 0.05) is 11.0 Å². The van der Waals surface area contributed by atoms with Gasteiger partial charge in [-0.1, -0.05) is 154 Å². The first kappa shape index (κ1) is 41.9. The van der Waals surface area contributed by atoms with E-state index in [9.17, 15) is 10.2 Å². The number of benzene rings is 4. The molecule has 0 saturated heterocycles. The smallest absolute Gasteiger partial charge is 0.334 e. The van der Waals surface area contributed by atoms with Crippen LogP contribution in [0.5, 0.6) is 0 Å². The number of hydrogen-bond acceptors (Lipinski definition) is 7. The first-order chi connectivity index (χ1) is 23.3. The van der Waals surface area contributed by atoms with Crippen LogP contribution in [0.15, 0.2) is 84.9 Å². The third kappa shape index (κ3) is 10.3. The molecule has 4 aromatic rings. The lowest BCUT2D eigenvalue weighted by molar-refractivity contribution is -0.243. The first-order valence-corrected chi connectivity index (χ1v) is 19.6. The zero-order valence-electron chi connectivity index (χ0n) is 31.1. The molecule has 4 aromatic carbocycles. The summed E-state index contributed by atoms with van der Waals surface area (Å²) in [6.45, 7) is 21.7. The molecule has 0 spiro atoms. The third-order valence-corrected chi connectivity index (χ3v) is 10.5. The van der Waals surface area contributed by atoms with Gasteiger partial charge in [-0.2, -0.15) is 0 Å². The SMILES string of the molecule is CC(C)c1ccc(-c2ccccc2CC(C)(C)C(O)(O)c2ccccc2-c2ccc(C(C)C)cc2C(C)C)c(C(C)C)c1.OP(O)OP(O)O. The fourth-order valence-corrected chi connectivity index (χ4v) is 6.84. The Morgan fingerprint density at radius 1 is 0.540 bits per heavy atom. The maximum absolute atomic E-state index is 12.1. The number of rotatable bonds is 12. The molecule has 0 radical (unpaired) electrons. The summed E-state index contributed by atoms with van der Waals surface area (Å²) in [7, 11) is -5.22. The summed E-state index contributed by atoms with van der Waals surface area (Å²) in [5.41, 5.74) is 10.3. The Bertz CT molecular complexity index is 1690. The lowest BCUT2D eigenvalue weighted by Gasteiger charge is -2.40. The molecule has 0 amide bonds. The van der Waals surface area contributed by atoms with Gasteiger partial charge in [0.2, 0.25) is 0 Å². The molecule has 272 valence electrons. The van der Waals surface area contributed by atoms with E-state index in [0.29, 0.717) is 35.7 Å². The monoisotopic (exact) mass is 722 g/mol. The van der Waals surface area contributed by atoms with Crippen molar-refractivity contribution >= 4 is 17.2 Å². The van der Waals surface area contributed by atoms with Crippen LogP contribution < -0.4 is 0 Å². The highest BCUT2D eigenvalue weighted by Crippen LogP contribution is 2.47. The fraction of sp³-hybridized carbons (Fsp3) is 0.415. The molecule has 0 fully saturated rings. The van der Waals surface area contributed by atoms with Crippen LogP contribution in [0.1, 0.15) is 126 Å². The molecule has 0 saturated carbocycles. The van der Waals surface area contributed by atoms with Crippen molar-refractivity contribution in [2.24, 2.45) is 5.41 Å². The van der Waals surface area contributed by atoms with Gasteiger partial charge in [0.15, 0.2) is 5.79 Å². The largest absolute Gasteiger partial charge is 0.361 e. The van der Waals surface area contributed by atoms with E-state index in [1.807, 2.05) is 38.1 Å². The molecule has 0 aromatic heterocycles. The highest BCUT2D eigenvalue weighted by atomic mass is 31.2. The van der Waals surface area contributed by atoms with Gasteiger partial charge in [-0.15, -0.1) is 0 Å². The van der Waals surface area contributed by atoms with Crippen molar-refractivity contribution in [2.45, 2.75) is 105 Å². The van der Waals surface area contributed by atoms with E-state index in [0.717, 1.165) is 22.3 Å². The topological polar surface area (TPSA) is 131 Å². The maximum atomic E-state index is 12.1. The maximum Gasteiger partial charge on any atom is 0.334 e. The standard InChI is InChI=1S/C41H52O2.H4O5P2/c1-26(2)30-19-21-34(37(23-30)28(5)6)33-16-12-11-15-32(33)25-40(9,10)41(42,43)39-18-14-13-17-36(39)35-22-20-31(27(3)4)24-38(35)29(7)8;1-6(2)5-7(3)4/h11-24,26-29,42-43H,25H2,1-10H3;1-4H. The molecule has 0 aliphatic carbocycles. The van der Waals surface area contributed by atoms with Crippen molar-refractivity contribution in [2.75, 3.05) is 0 Å². The molecule has 4 rings (SSSR count). The predicted molar refractivity (Wildman–Crippen MR) is 208 cm³/mol. The van der Waals surface area contributed by atoms with E-state index in [1.54, 1.807) is 0 Å². The van der Waals surface area contributed by atoms with Crippen LogP contribution in [-0.4, -0.2) is 29.8 Å². The van der Waals surface area contributed by atoms with E-state index in [1.165, 1.54) is 27.8 Å². The molecule has 0 bridgehead atoms. The zero-order chi connectivity index (χ0) is 37.6. The molecular formula is C41H56O7P2. The molecule has 0 aliphatic rings. The average Bonchev–Trinajstić information content (AvgIpc) is 3.03. The molecular weight excluding hydrogens is 666 g/mol. The summed E-state index contributed by atoms with van der Waals surface area (Å²) in [5.74, 6) is -0.528. The zero-order valence-corrected chi connectivity index (χ0v) is 32.9. The molecule has 0 unspecified atom stereocenters. The van der Waals surface area contributed by atoms with Gasteiger partial charge >= 0.3 is 17.2 Å². The summed E-state index contributed by atoms with van der Waals surface area (Å²) in [5, 5.41) is 24.3. The molecule has 0 aliphatic heterocycles. The average molecular weight is 723 g/mol. The van der Waals surface area contributed by atoms with Crippen molar-refractivity contribution in [1.29, 1.82) is 0 Å². The van der Waals surface area contributed by atoms with Crippen LogP contribution in [0.4, 0.5) is 0 Å². The van der Waals surface area contributed by atoms with Crippen molar-refractivity contribution in [1.82, 2.24) is 0 Å². The lowest BCUT2D eigenvalue weighted by atomic mass is 9.71. The summed E-state index contributed by atoms with van der Waals surface area (Å²) in [6, 6.07) is 29.7. The van der Waals surface area contributed by atoms with Crippen LogP contribution in [0, 0.1) is 5.41 Å². The minimum atomic E-state index is -2.61. The van der Waals surface area contributed by atoms with Crippen LogP contribution >= 0.6 is 17.2 Å². The Morgan fingerprint density at radius 2 is 0.960 bits per heavy atom. The van der Waals surface area contributed by atoms with Crippen molar-refractivity contribution < 1.29 is 34.1 Å². The van der Waals surface area contributed by atoms with Crippen LogP contribution in [-0.2, 0) is 16.5 Å². The van der Waals surface area contributed by atoms with Gasteiger partial charge in [-0.25, -0.2) is 4.31 Å². The van der Waals surface area contributed by atoms with E-state index in [-0.39, 0.29) is 0 Å².